The van der Waals surface area contributed by atoms with Crippen LogP contribution >= 0.6 is 11.8 Å². The molecule has 2 aromatic rings. The minimum absolute atomic E-state index is 0.0825. The maximum atomic E-state index is 13.8. The van der Waals surface area contributed by atoms with Crippen LogP contribution in [-0.2, 0) is 30.6 Å². The van der Waals surface area contributed by atoms with Crippen LogP contribution in [0.1, 0.15) is 52.0 Å². The zero-order valence-electron chi connectivity index (χ0n) is 26.1. The van der Waals surface area contributed by atoms with E-state index in [0.29, 0.717) is 17.7 Å². The largest absolute Gasteiger partial charge is 0.391 e. The Hall–Kier alpha value is -2.51. The van der Waals surface area contributed by atoms with E-state index in [0.717, 1.165) is 35.0 Å². The van der Waals surface area contributed by atoms with Crippen LogP contribution in [0.2, 0.25) is 0 Å². The SMILES string of the molecule is COC1CCC(CC(O)C(Cc2ccccc2)N(N)C(=O)C(CSc2ccc(F)cc2)S(C)(=O)=O)C(C(=O)NC(C)(C)C)C1. The van der Waals surface area contributed by atoms with Gasteiger partial charge in [-0.05, 0) is 88.6 Å². The minimum atomic E-state index is -3.91. The van der Waals surface area contributed by atoms with E-state index >= 15 is 0 Å². The number of ether oxygens (including phenoxy) is 1. The first-order chi connectivity index (χ1) is 20.6. The lowest BCUT2D eigenvalue weighted by atomic mass is 9.73. The number of hydrogen-bond acceptors (Lipinski definition) is 8. The van der Waals surface area contributed by atoms with Crippen molar-refractivity contribution in [3.63, 3.8) is 0 Å². The second-order valence-electron chi connectivity index (χ2n) is 12.7. The maximum absolute atomic E-state index is 13.8. The van der Waals surface area contributed by atoms with Gasteiger partial charge in [0.25, 0.3) is 5.91 Å². The van der Waals surface area contributed by atoms with Gasteiger partial charge in [-0.2, -0.15) is 0 Å². The molecule has 4 N–H and O–H groups in total. The fraction of sp³-hybridized carbons (Fsp3) is 0.562. The third-order valence-electron chi connectivity index (χ3n) is 8.01. The van der Waals surface area contributed by atoms with Gasteiger partial charge in [-0.25, -0.2) is 18.7 Å². The molecule has 0 saturated heterocycles. The Morgan fingerprint density at radius 1 is 1.14 bits per heavy atom. The molecule has 1 aliphatic carbocycles. The normalized spacial score (nSPS) is 21.2. The van der Waals surface area contributed by atoms with Gasteiger partial charge in [0.1, 0.15) is 5.82 Å². The molecule has 3 rings (SSSR count). The van der Waals surface area contributed by atoms with Gasteiger partial charge in [0, 0.05) is 35.5 Å². The number of nitrogens with zero attached hydrogens (tertiary/aromatic N) is 1. The summed E-state index contributed by atoms with van der Waals surface area (Å²) in [5, 5.41) is 14.1. The lowest BCUT2D eigenvalue weighted by Crippen LogP contribution is -2.57. The molecule has 0 radical (unpaired) electrons. The van der Waals surface area contributed by atoms with Gasteiger partial charge in [0.2, 0.25) is 5.91 Å². The number of carbonyl (C=O) groups excluding carboxylic acids is 2. The summed E-state index contributed by atoms with van der Waals surface area (Å²) >= 11 is 1.10. The Labute approximate surface area is 265 Å². The van der Waals surface area contributed by atoms with Gasteiger partial charge in [-0.1, -0.05) is 30.3 Å². The standard InChI is InChI=1S/C32H46FN3O6S2/c1-32(2,3)35-30(38)26-19-24(42-4)14-11-22(26)18-28(37)27(17-21-9-7-6-8-10-21)36(34)31(39)29(44(5,40)41)20-43-25-15-12-23(33)13-16-25/h6-10,12-13,15-16,22,24,26-29,37H,11,14,17-20,34H2,1-5H3,(H,35,38). The molecule has 0 aromatic heterocycles. The van der Waals surface area contributed by atoms with E-state index in [1.807, 2.05) is 51.1 Å². The van der Waals surface area contributed by atoms with E-state index in [4.69, 9.17) is 10.6 Å². The van der Waals surface area contributed by atoms with Crippen LogP contribution in [0.25, 0.3) is 0 Å². The summed E-state index contributed by atoms with van der Waals surface area (Å²) in [6.07, 6.45) is 1.96. The van der Waals surface area contributed by atoms with Crippen LogP contribution < -0.4 is 11.2 Å². The van der Waals surface area contributed by atoms with Gasteiger partial charge in [-0.15, -0.1) is 11.8 Å². The predicted octanol–water partition coefficient (Wildman–Crippen LogP) is 3.74. The maximum Gasteiger partial charge on any atom is 0.256 e. The van der Waals surface area contributed by atoms with Crippen LogP contribution in [0.5, 0.6) is 0 Å². The number of aliphatic hydroxyl groups is 1. The molecule has 44 heavy (non-hydrogen) atoms. The van der Waals surface area contributed by atoms with Crippen molar-refractivity contribution in [2.24, 2.45) is 17.7 Å². The van der Waals surface area contributed by atoms with Crippen LogP contribution in [0.3, 0.4) is 0 Å². The Morgan fingerprint density at radius 2 is 1.77 bits per heavy atom. The Balaban J connectivity index is 1.87. The van der Waals surface area contributed by atoms with Crippen LogP contribution in [-0.4, -0.2) is 78.5 Å². The first-order valence-electron chi connectivity index (χ1n) is 14.8. The third-order valence-corrected chi connectivity index (χ3v) is 10.7. The summed E-state index contributed by atoms with van der Waals surface area (Å²) in [6.45, 7) is 5.73. The number of rotatable bonds is 13. The molecule has 0 spiro atoms. The first kappa shape index (κ1) is 36.0. The van der Waals surface area contributed by atoms with Gasteiger partial charge in [-0.3, -0.25) is 14.6 Å². The van der Waals surface area contributed by atoms with Gasteiger partial charge >= 0.3 is 0 Å². The highest BCUT2D eigenvalue weighted by Gasteiger charge is 2.41. The van der Waals surface area contributed by atoms with Crippen molar-refractivity contribution in [2.45, 2.75) is 86.8 Å². The summed E-state index contributed by atoms with van der Waals surface area (Å²) in [5.74, 6) is 4.27. The molecule has 0 aliphatic heterocycles. The summed E-state index contributed by atoms with van der Waals surface area (Å²) in [6, 6.07) is 13.8. The number of nitrogens with one attached hydrogen (secondary N) is 1. The molecule has 12 heteroatoms. The van der Waals surface area contributed by atoms with Crippen LogP contribution in [0.4, 0.5) is 4.39 Å². The number of aliphatic hydroxyl groups excluding tert-OH is 1. The third kappa shape index (κ3) is 10.5. The quantitative estimate of drug-likeness (QED) is 0.129. The van der Waals surface area contributed by atoms with Crippen molar-refractivity contribution in [1.82, 2.24) is 10.3 Å². The Morgan fingerprint density at radius 3 is 2.34 bits per heavy atom. The number of hydrazine groups is 1. The molecule has 2 aromatic carbocycles. The highest BCUT2D eigenvalue weighted by Crippen LogP contribution is 2.36. The number of amides is 2. The highest BCUT2D eigenvalue weighted by molar-refractivity contribution is 8.01. The van der Waals surface area contributed by atoms with Crippen molar-refractivity contribution in [2.75, 3.05) is 19.1 Å². The summed E-state index contributed by atoms with van der Waals surface area (Å²) < 4.78 is 44.6. The van der Waals surface area contributed by atoms with E-state index < -0.39 is 50.4 Å². The highest BCUT2D eigenvalue weighted by atomic mass is 32.2. The average molecular weight is 652 g/mol. The molecule has 1 saturated carbocycles. The van der Waals surface area contributed by atoms with Crippen LogP contribution in [0.15, 0.2) is 59.5 Å². The lowest BCUT2D eigenvalue weighted by Gasteiger charge is -2.39. The zero-order chi connectivity index (χ0) is 32.7. The number of sulfone groups is 1. The second kappa shape index (κ2) is 15.7. The van der Waals surface area contributed by atoms with Crippen molar-refractivity contribution >= 4 is 33.4 Å². The van der Waals surface area contributed by atoms with Crippen molar-refractivity contribution in [1.29, 1.82) is 0 Å². The predicted molar refractivity (Wildman–Crippen MR) is 171 cm³/mol. The fourth-order valence-corrected chi connectivity index (χ4v) is 8.12. The monoisotopic (exact) mass is 651 g/mol. The average Bonchev–Trinajstić information content (AvgIpc) is 2.95. The molecule has 0 bridgehead atoms. The lowest BCUT2D eigenvalue weighted by molar-refractivity contribution is -0.138. The van der Waals surface area contributed by atoms with E-state index in [-0.39, 0.29) is 36.5 Å². The van der Waals surface area contributed by atoms with Gasteiger partial charge in [0.05, 0.1) is 18.2 Å². The van der Waals surface area contributed by atoms with E-state index in [1.54, 1.807) is 7.11 Å². The number of methoxy groups -OCH3 is 1. The molecule has 1 aliphatic rings. The molecule has 6 unspecified atom stereocenters. The number of halogens is 1. The van der Waals surface area contributed by atoms with Crippen molar-refractivity contribution in [3.05, 3.63) is 66.0 Å². The fourth-order valence-electron chi connectivity index (χ4n) is 5.63. The number of nitrogens with two attached hydrogens (primary N) is 1. The summed E-state index contributed by atoms with van der Waals surface area (Å²) in [4.78, 5) is 27.7. The van der Waals surface area contributed by atoms with Gasteiger partial charge in [0.15, 0.2) is 15.1 Å². The molecule has 6 atom stereocenters. The topological polar surface area (TPSA) is 139 Å². The summed E-state index contributed by atoms with van der Waals surface area (Å²) in [7, 11) is -2.28. The molecule has 1 fully saturated rings. The van der Waals surface area contributed by atoms with Crippen LogP contribution in [0, 0.1) is 17.7 Å². The smallest absolute Gasteiger partial charge is 0.256 e. The van der Waals surface area contributed by atoms with E-state index in [1.165, 1.54) is 24.3 Å². The Kier molecular flexibility index (Phi) is 12.8. The van der Waals surface area contributed by atoms with Crippen molar-refractivity contribution in [3.8, 4) is 0 Å². The van der Waals surface area contributed by atoms with E-state index in [2.05, 4.69) is 5.32 Å². The Bertz CT molecular complexity index is 1340. The number of benzene rings is 2. The molecular formula is C32H46FN3O6S2. The molecule has 244 valence electrons. The number of thioether (sulfide) groups is 1. The molecular weight excluding hydrogens is 605 g/mol. The zero-order valence-corrected chi connectivity index (χ0v) is 27.7. The molecule has 0 heterocycles. The molecule has 9 nitrogen and oxygen atoms in total. The molecule has 2 amide bonds. The number of hydrogen-bond donors (Lipinski definition) is 3. The number of carbonyl (C=O) groups is 2. The second-order valence-corrected chi connectivity index (χ2v) is 16.0. The first-order valence-corrected chi connectivity index (χ1v) is 17.7. The van der Waals surface area contributed by atoms with Crippen molar-refractivity contribution < 1.29 is 32.2 Å². The minimum Gasteiger partial charge on any atom is -0.391 e. The van der Waals surface area contributed by atoms with E-state index in [9.17, 15) is 27.5 Å². The summed E-state index contributed by atoms with van der Waals surface area (Å²) in [5.41, 5.74) is 0.366. The van der Waals surface area contributed by atoms with Gasteiger partial charge < -0.3 is 15.2 Å².